The number of hydrogen-bond acceptors (Lipinski definition) is 7. The van der Waals surface area contributed by atoms with E-state index in [9.17, 15) is 14.4 Å². The molecule has 2 aliphatic heterocycles. The zero-order chi connectivity index (χ0) is 31.0. The summed E-state index contributed by atoms with van der Waals surface area (Å²) in [5, 5.41) is 5.05. The van der Waals surface area contributed by atoms with Gasteiger partial charge >= 0.3 is 6.09 Å². The topological polar surface area (TPSA) is 111 Å². The van der Waals surface area contributed by atoms with Crippen LogP contribution in [0.2, 0.25) is 0 Å². The van der Waals surface area contributed by atoms with Gasteiger partial charge in [0.1, 0.15) is 5.60 Å². The molecule has 3 amide bonds. The van der Waals surface area contributed by atoms with Crippen LogP contribution in [0.3, 0.4) is 0 Å². The molecule has 2 aromatic carbocycles. The first-order valence-corrected chi connectivity index (χ1v) is 15.9. The molecule has 4 aromatic rings. The zero-order valence-corrected chi connectivity index (χ0v) is 25.8. The molecule has 230 valence electrons. The van der Waals surface area contributed by atoms with Crippen molar-refractivity contribution in [3.63, 3.8) is 0 Å². The molecule has 0 atom stereocenters. The van der Waals surface area contributed by atoms with Gasteiger partial charge in [-0.15, -0.1) is 0 Å². The average Bonchev–Trinajstić information content (AvgIpc) is 3.67. The summed E-state index contributed by atoms with van der Waals surface area (Å²) >= 11 is 0. The molecule has 10 nitrogen and oxygen atoms in total. The highest BCUT2D eigenvalue weighted by Gasteiger charge is 2.41. The van der Waals surface area contributed by atoms with E-state index >= 15 is 0 Å². The van der Waals surface area contributed by atoms with Gasteiger partial charge in [0, 0.05) is 43.2 Å². The molecular weight excluding hydrogens is 568 g/mol. The first kappa shape index (κ1) is 27.9. The van der Waals surface area contributed by atoms with Crippen LogP contribution in [0.15, 0.2) is 54.9 Å². The smallest absolute Gasteiger partial charge is 0.410 e. The molecule has 2 saturated carbocycles. The molecule has 3 fully saturated rings. The minimum atomic E-state index is -0.508. The van der Waals surface area contributed by atoms with Gasteiger partial charge in [0.15, 0.2) is 0 Å². The first-order chi connectivity index (χ1) is 21.6. The quantitative estimate of drug-likeness (QED) is 0.250. The summed E-state index contributed by atoms with van der Waals surface area (Å²) in [7, 11) is 0. The van der Waals surface area contributed by atoms with Gasteiger partial charge in [-0.2, -0.15) is 5.10 Å². The minimum absolute atomic E-state index is 0.188. The van der Waals surface area contributed by atoms with Crippen molar-refractivity contribution >= 4 is 28.9 Å². The Kier molecular flexibility index (Phi) is 6.34. The van der Waals surface area contributed by atoms with Crippen LogP contribution in [0.5, 0.6) is 0 Å². The van der Waals surface area contributed by atoms with Gasteiger partial charge < -0.3 is 9.64 Å². The zero-order valence-electron chi connectivity index (χ0n) is 25.8. The van der Waals surface area contributed by atoms with Gasteiger partial charge in [0.25, 0.3) is 11.8 Å². The van der Waals surface area contributed by atoms with Crippen molar-refractivity contribution in [1.82, 2.24) is 29.5 Å². The second-order valence-corrected chi connectivity index (χ2v) is 14.0. The maximum Gasteiger partial charge on any atom is 0.410 e. The molecule has 8 rings (SSSR count). The van der Waals surface area contributed by atoms with Crippen LogP contribution in [-0.2, 0) is 4.74 Å². The summed E-state index contributed by atoms with van der Waals surface area (Å²) in [6.45, 7) is 7.34. The molecule has 0 unspecified atom stereocenters. The number of nitrogens with zero attached hydrogens (tertiary/aromatic N) is 6. The monoisotopic (exact) mass is 604 g/mol. The van der Waals surface area contributed by atoms with Crippen LogP contribution in [0.1, 0.15) is 96.3 Å². The lowest BCUT2D eigenvalue weighted by atomic mass is 9.80. The van der Waals surface area contributed by atoms with E-state index in [2.05, 4.69) is 23.0 Å². The lowest BCUT2D eigenvalue weighted by Gasteiger charge is -2.40. The number of imide groups is 1. The fourth-order valence-electron chi connectivity index (χ4n) is 6.75. The number of carbonyl (C=O) groups excluding carboxylic acids is 3. The predicted octanol–water partition coefficient (Wildman–Crippen LogP) is 5.95. The molecule has 4 aliphatic rings. The Balaban J connectivity index is 0.967. The molecule has 10 heteroatoms. The molecule has 0 N–H and O–H groups in total. The van der Waals surface area contributed by atoms with Gasteiger partial charge in [0.2, 0.25) is 0 Å². The summed E-state index contributed by atoms with van der Waals surface area (Å²) in [6, 6.07) is 13.5. The maximum absolute atomic E-state index is 12.8. The van der Waals surface area contributed by atoms with Crippen LogP contribution >= 0.6 is 0 Å². The van der Waals surface area contributed by atoms with Crippen LogP contribution in [-0.4, -0.2) is 72.7 Å². The highest BCUT2D eigenvalue weighted by Crippen LogP contribution is 2.46. The number of carbonyl (C=O) groups is 3. The number of ether oxygens (including phenoxy) is 1. The van der Waals surface area contributed by atoms with E-state index in [0.717, 1.165) is 59.2 Å². The Morgan fingerprint density at radius 2 is 1.64 bits per heavy atom. The second kappa shape index (κ2) is 10.2. The molecule has 45 heavy (non-hydrogen) atoms. The Morgan fingerprint density at radius 3 is 2.31 bits per heavy atom. The summed E-state index contributed by atoms with van der Waals surface area (Å²) < 4.78 is 7.58. The fourth-order valence-corrected chi connectivity index (χ4v) is 6.75. The predicted molar refractivity (Wildman–Crippen MR) is 167 cm³/mol. The highest BCUT2D eigenvalue weighted by atomic mass is 16.6. The van der Waals surface area contributed by atoms with Crippen molar-refractivity contribution < 1.29 is 19.1 Å². The molecular formula is C35H36N6O4. The van der Waals surface area contributed by atoms with E-state index in [0.29, 0.717) is 36.7 Å². The lowest BCUT2D eigenvalue weighted by Crippen LogP contribution is -2.50. The summed E-state index contributed by atoms with van der Waals surface area (Å²) in [4.78, 5) is 51.0. The molecule has 2 aromatic heterocycles. The van der Waals surface area contributed by atoms with Crippen molar-refractivity contribution in [2.45, 2.75) is 69.9 Å². The van der Waals surface area contributed by atoms with E-state index in [1.807, 2.05) is 33.0 Å². The summed E-state index contributed by atoms with van der Waals surface area (Å²) in [6.07, 6.45) is 7.67. The highest BCUT2D eigenvalue weighted by molar-refractivity contribution is 6.21. The van der Waals surface area contributed by atoms with E-state index in [4.69, 9.17) is 19.8 Å². The second-order valence-electron chi connectivity index (χ2n) is 14.0. The Labute approximate surface area is 261 Å². The number of benzene rings is 2. The summed E-state index contributed by atoms with van der Waals surface area (Å²) in [5.41, 5.74) is 6.24. The Morgan fingerprint density at radius 1 is 0.933 bits per heavy atom. The van der Waals surface area contributed by atoms with Gasteiger partial charge in [-0.05, 0) is 82.2 Å². The van der Waals surface area contributed by atoms with E-state index < -0.39 is 5.60 Å². The molecule has 0 spiro atoms. The number of hydrogen-bond donors (Lipinski definition) is 0. The third kappa shape index (κ3) is 5.06. The maximum atomic E-state index is 12.8. The summed E-state index contributed by atoms with van der Waals surface area (Å²) in [5.74, 6) is 0.558. The van der Waals surface area contributed by atoms with Crippen LogP contribution in [0.4, 0.5) is 4.79 Å². The van der Waals surface area contributed by atoms with Crippen LogP contribution in [0, 0.1) is 5.92 Å². The molecule has 0 bridgehead atoms. The SMILES string of the molecule is CC(C)(C)OC(=O)N1CC(c2ccc3ncc(-c4cn([C@H]5C[C@H](CN6C(=O)c7ccccc7C6=O)C5)nc4C4CC4)nc3c2)C1. The molecule has 4 heterocycles. The van der Waals surface area contributed by atoms with Crippen molar-refractivity contribution in [1.29, 1.82) is 0 Å². The Hall–Kier alpha value is -4.60. The van der Waals surface area contributed by atoms with Gasteiger partial charge in [-0.1, -0.05) is 18.2 Å². The fraction of sp³-hybridized carbons (Fsp3) is 0.429. The third-order valence-electron chi connectivity index (χ3n) is 9.48. The molecule has 0 radical (unpaired) electrons. The van der Waals surface area contributed by atoms with Gasteiger partial charge in [-0.25, -0.2) is 9.78 Å². The molecule has 1 saturated heterocycles. The van der Waals surface area contributed by atoms with E-state index in [-0.39, 0.29) is 35.8 Å². The van der Waals surface area contributed by atoms with Crippen LogP contribution in [0.25, 0.3) is 22.3 Å². The van der Waals surface area contributed by atoms with Crippen molar-refractivity contribution in [2.75, 3.05) is 19.6 Å². The average molecular weight is 605 g/mol. The van der Waals surface area contributed by atoms with E-state index in [1.165, 1.54) is 4.90 Å². The van der Waals surface area contributed by atoms with Gasteiger partial charge in [-0.3, -0.25) is 24.2 Å². The first-order valence-electron chi connectivity index (χ1n) is 15.9. The molecule has 2 aliphatic carbocycles. The number of amides is 3. The lowest BCUT2D eigenvalue weighted by molar-refractivity contribution is 0.00818. The third-order valence-corrected chi connectivity index (χ3v) is 9.48. The van der Waals surface area contributed by atoms with Crippen molar-refractivity contribution in [3.05, 3.63) is 77.2 Å². The number of rotatable bonds is 6. The van der Waals surface area contributed by atoms with Gasteiger partial charge in [0.05, 0.1) is 45.8 Å². The van der Waals surface area contributed by atoms with Crippen molar-refractivity contribution in [3.8, 4) is 11.3 Å². The Bertz CT molecular complexity index is 1820. The normalized spacial score (nSPS) is 21.6. The number of fused-ring (bicyclic) bond motifs is 2. The van der Waals surface area contributed by atoms with Crippen LogP contribution < -0.4 is 0 Å². The van der Waals surface area contributed by atoms with E-state index in [1.54, 1.807) is 29.2 Å². The number of aromatic nitrogens is 4. The van der Waals surface area contributed by atoms with Crippen molar-refractivity contribution in [2.24, 2.45) is 5.92 Å². The number of likely N-dealkylation sites (tertiary alicyclic amines) is 1. The standard InChI is InChI=1S/C35H36N6O4/c1-35(2,3)45-34(44)39-17-23(18-39)22-10-11-28-29(14-22)37-30(15-36-28)27-19-41(38-31(27)21-8-9-21)24-12-20(13-24)16-40-32(42)25-6-4-5-7-26(25)33(40)43/h4-7,10-11,14-15,19-21,23-24H,8-9,12-13,16-18H2,1-3H3/t20-,24-. The minimum Gasteiger partial charge on any atom is -0.444 e. The largest absolute Gasteiger partial charge is 0.444 e.